The van der Waals surface area contributed by atoms with Gasteiger partial charge in [-0.3, -0.25) is 4.40 Å². The number of aromatic hydroxyl groups is 1. The van der Waals surface area contributed by atoms with E-state index < -0.39 is 0 Å². The SMILES string of the molecule is COc1cccn2c(-c3ccccc3O)ncc12. The summed E-state index contributed by atoms with van der Waals surface area (Å²) < 4.78 is 7.18. The maximum atomic E-state index is 9.88. The molecule has 0 aliphatic heterocycles. The summed E-state index contributed by atoms with van der Waals surface area (Å²) in [4.78, 5) is 4.36. The van der Waals surface area contributed by atoms with Crippen molar-refractivity contribution < 1.29 is 9.84 Å². The van der Waals surface area contributed by atoms with Crippen molar-refractivity contribution in [1.29, 1.82) is 0 Å². The Hall–Kier alpha value is -2.49. The molecule has 1 N–H and O–H groups in total. The van der Waals surface area contributed by atoms with Gasteiger partial charge >= 0.3 is 0 Å². The quantitative estimate of drug-likeness (QED) is 0.749. The first kappa shape index (κ1) is 10.7. The third kappa shape index (κ3) is 1.50. The van der Waals surface area contributed by atoms with Crippen LogP contribution >= 0.6 is 0 Å². The van der Waals surface area contributed by atoms with Crippen molar-refractivity contribution in [2.75, 3.05) is 7.11 Å². The molecule has 3 rings (SSSR count). The molecule has 0 aliphatic rings. The lowest BCUT2D eigenvalue weighted by Gasteiger charge is -2.05. The van der Waals surface area contributed by atoms with Crippen LogP contribution in [0.1, 0.15) is 0 Å². The van der Waals surface area contributed by atoms with Crippen molar-refractivity contribution >= 4 is 5.52 Å². The number of hydrogen-bond acceptors (Lipinski definition) is 3. The fraction of sp³-hybridized carbons (Fsp3) is 0.0714. The van der Waals surface area contributed by atoms with Crippen molar-refractivity contribution in [3.8, 4) is 22.9 Å². The minimum atomic E-state index is 0.216. The standard InChI is InChI=1S/C14H12N2O2/c1-18-13-7-4-8-16-11(13)9-15-14(16)10-5-2-3-6-12(10)17/h2-9,17H,1H3. The number of rotatable bonds is 2. The van der Waals surface area contributed by atoms with E-state index in [2.05, 4.69) is 4.98 Å². The average Bonchev–Trinajstić information content (AvgIpc) is 2.83. The van der Waals surface area contributed by atoms with E-state index in [-0.39, 0.29) is 5.75 Å². The normalized spacial score (nSPS) is 10.7. The molecule has 0 amide bonds. The summed E-state index contributed by atoms with van der Waals surface area (Å²) in [6.45, 7) is 0. The molecule has 1 aromatic carbocycles. The van der Waals surface area contributed by atoms with E-state index in [4.69, 9.17) is 4.74 Å². The van der Waals surface area contributed by atoms with Gasteiger partial charge in [-0.2, -0.15) is 0 Å². The summed E-state index contributed by atoms with van der Waals surface area (Å²) in [6.07, 6.45) is 3.63. The van der Waals surface area contributed by atoms with Crippen LogP contribution in [0.25, 0.3) is 16.9 Å². The molecular formula is C14H12N2O2. The van der Waals surface area contributed by atoms with Crippen LogP contribution in [-0.2, 0) is 0 Å². The zero-order valence-electron chi connectivity index (χ0n) is 9.87. The lowest BCUT2D eigenvalue weighted by molar-refractivity contribution is 0.418. The Morgan fingerprint density at radius 1 is 1.17 bits per heavy atom. The molecule has 0 unspecified atom stereocenters. The van der Waals surface area contributed by atoms with E-state index in [1.165, 1.54) is 0 Å². The third-order valence-corrected chi connectivity index (χ3v) is 2.90. The van der Waals surface area contributed by atoms with Crippen molar-refractivity contribution in [2.45, 2.75) is 0 Å². The number of aromatic nitrogens is 2. The van der Waals surface area contributed by atoms with Gasteiger partial charge in [-0.25, -0.2) is 4.98 Å². The van der Waals surface area contributed by atoms with Crippen LogP contribution in [0.4, 0.5) is 0 Å². The van der Waals surface area contributed by atoms with Crippen LogP contribution in [0, 0.1) is 0 Å². The molecule has 0 radical (unpaired) electrons. The largest absolute Gasteiger partial charge is 0.507 e. The first-order valence-corrected chi connectivity index (χ1v) is 5.59. The monoisotopic (exact) mass is 240 g/mol. The second-order valence-corrected chi connectivity index (χ2v) is 3.93. The topological polar surface area (TPSA) is 46.8 Å². The lowest BCUT2D eigenvalue weighted by Crippen LogP contribution is -1.91. The van der Waals surface area contributed by atoms with Gasteiger partial charge in [-0.1, -0.05) is 12.1 Å². The van der Waals surface area contributed by atoms with Gasteiger partial charge < -0.3 is 9.84 Å². The van der Waals surface area contributed by atoms with Crippen LogP contribution in [0.15, 0.2) is 48.8 Å². The molecule has 0 spiro atoms. The van der Waals surface area contributed by atoms with Gasteiger partial charge in [-0.05, 0) is 24.3 Å². The van der Waals surface area contributed by atoms with Gasteiger partial charge in [0, 0.05) is 6.20 Å². The van der Waals surface area contributed by atoms with E-state index in [9.17, 15) is 5.11 Å². The van der Waals surface area contributed by atoms with E-state index in [1.807, 2.05) is 34.9 Å². The van der Waals surface area contributed by atoms with Gasteiger partial charge in [-0.15, -0.1) is 0 Å². The number of imidazole rings is 1. The van der Waals surface area contributed by atoms with Crippen molar-refractivity contribution in [1.82, 2.24) is 9.38 Å². The molecular weight excluding hydrogens is 228 g/mol. The number of benzene rings is 1. The molecule has 4 heteroatoms. The molecule has 3 aromatic rings. The first-order chi connectivity index (χ1) is 8.81. The smallest absolute Gasteiger partial charge is 0.148 e. The van der Waals surface area contributed by atoms with Gasteiger partial charge in [0.1, 0.15) is 22.8 Å². The highest BCUT2D eigenvalue weighted by Crippen LogP contribution is 2.30. The fourth-order valence-corrected chi connectivity index (χ4v) is 2.03. The van der Waals surface area contributed by atoms with E-state index >= 15 is 0 Å². The van der Waals surface area contributed by atoms with Crippen LogP contribution in [0.5, 0.6) is 11.5 Å². The summed E-state index contributed by atoms with van der Waals surface area (Å²) in [5.41, 5.74) is 1.57. The van der Waals surface area contributed by atoms with Crippen LogP contribution < -0.4 is 4.74 Å². The maximum Gasteiger partial charge on any atom is 0.148 e. The number of ether oxygens (including phenoxy) is 1. The molecule has 18 heavy (non-hydrogen) atoms. The minimum Gasteiger partial charge on any atom is -0.507 e. The summed E-state index contributed by atoms with van der Waals surface area (Å²) in [6, 6.07) is 10.9. The molecule has 0 aliphatic carbocycles. The molecule has 90 valence electrons. The number of phenolic OH excluding ortho intramolecular Hbond substituents is 1. The van der Waals surface area contributed by atoms with E-state index in [0.29, 0.717) is 11.4 Å². The number of hydrogen-bond donors (Lipinski definition) is 1. The molecule has 0 fully saturated rings. The highest BCUT2D eigenvalue weighted by atomic mass is 16.5. The van der Waals surface area contributed by atoms with Crippen molar-refractivity contribution in [3.05, 3.63) is 48.8 Å². The minimum absolute atomic E-state index is 0.216. The number of nitrogens with zero attached hydrogens (tertiary/aromatic N) is 2. The van der Waals surface area contributed by atoms with Gasteiger partial charge in [0.2, 0.25) is 0 Å². The zero-order chi connectivity index (χ0) is 12.5. The Kier molecular flexibility index (Phi) is 2.41. The number of para-hydroxylation sites is 1. The van der Waals surface area contributed by atoms with Gasteiger partial charge in [0.05, 0.1) is 18.9 Å². The number of methoxy groups -OCH3 is 1. The third-order valence-electron chi connectivity index (χ3n) is 2.90. The van der Waals surface area contributed by atoms with Crippen LogP contribution in [0.3, 0.4) is 0 Å². The maximum absolute atomic E-state index is 9.88. The Bertz CT molecular complexity index is 704. The number of pyridine rings is 1. The lowest BCUT2D eigenvalue weighted by atomic mass is 10.2. The first-order valence-electron chi connectivity index (χ1n) is 5.59. The summed E-state index contributed by atoms with van der Waals surface area (Å²) in [5, 5.41) is 9.88. The second kappa shape index (κ2) is 4.07. The fourth-order valence-electron chi connectivity index (χ4n) is 2.03. The van der Waals surface area contributed by atoms with Crippen molar-refractivity contribution in [3.63, 3.8) is 0 Å². The van der Waals surface area contributed by atoms with Gasteiger partial charge in [0.25, 0.3) is 0 Å². The summed E-state index contributed by atoms with van der Waals surface area (Å²) >= 11 is 0. The predicted octanol–water partition coefficient (Wildman–Crippen LogP) is 2.72. The molecule has 2 heterocycles. The molecule has 0 saturated heterocycles. The van der Waals surface area contributed by atoms with E-state index in [1.54, 1.807) is 25.4 Å². The summed E-state index contributed by atoms with van der Waals surface area (Å²) in [5.74, 6) is 1.67. The van der Waals surface area contributed by atoms with Gasteiger partial charge in [0.15, 0.2) is 0 Å². The summed E-state index contributed by atoms with van der Waals surface area (Å²) in [7, 11) is 1.63. The highest BCUT2D eigenvalue weighted by Gasteiger charge is 2.11. The second-order valence-electron chi connectivity index (χ2n) is 3.93. The highest BCUT2D eigenvalue weighted by molar-refractivity contribution is 5.70. The van der Waals surface area contributed by atoms with Crippen LogP contribution in [-0.4, -0.2) is 21.6 Å². The Morgan fingerprint density at radius 3 is 2.78 bits per heavy atom. The van der Waals surface area contributed by atoms with Crippen LogP contribution in [0.2, 0.25) is 0 Å². The molecule has 2 aromatic heterocycles. The Balaban J connectivity index is 2.29. The zero-order valence-corrected chi connectivity index (χ0v) is 9.87. The Labute approximate surface area is 104 Å². The Morgan fingerprint density at radius 2 is 2.00 bits per heavy atom. The number of phenols is 1. The molecule has 4 nitrogen and oxygen atoms in total. The number of fused-ring (bicyclic) bond motifs is 1. The van der Waals surface area contributed by atoms with Crippen molar-refractivity contribution in [2.24, 2.45) is 0 Å². The average molecular weight is 240 g/mol. The molecule has 0 saturated carbocycles. The molecule has 0 atom stereocenters. The van der Waals surface area contributed by atoms with E-state index in [0.717, 1.165) is 11.3 Å². The predicted molar refractivity (Wildman–Crippen MR) is 68.8 cm³/mol. The molecule has 0 bridgehead atoms.